The first-order chi connectivity index (χ1) is 14.5. The molecule has 7 nitrogen and oxygen atoms in total. The van der Waals surface area contributed by atoms with E-state index in [1.807, 2.05) is 25.1 Å². The summed E-state index contributed by atoms with van der Waals surface area (Å²) in [6.45, 7) is 14.3. The first-order valence-corrected chi connectivity index (χ1v) is 11.2. The fourth-order valence-electron chi connectivity index (χ4n) is 3.49. The van der Waals surface area contributed by atoms with Crippen LogP contribution in [-0.4, -0.2) is 69.5 Å². The van der Waals surface area contributed by atoms with Crippen LogP contribution in [0.5, 0.6) is 11.5 Å². The molecule has 1 heterocycles. The second kappa shape index (κ2) is 13.3. The van der Waals surface area contributed by atoms with E-state index in [-0.39, 0.29) is 0 Å². The lowest BCUT2D eigenvalue weighted by Gasteiger charge is -2.33. The molecule has 0 radical (unpaired) electrons. The highest BCUT2D eigenvalue weighted by Crippen LogP contribution is 2.28. The van der Waals surface area contributed by atoms with E-state index in [1.54, 1.807) is 7.11 Å². The van der Waals surface area contributed by atoms with Crippen LogP contribution in [0.2, 0.25) is 0 Å². The summed E-state index contributed by atoms with van der Waals surface area (Å²) in [5.41, 5.74) is 1.09. The molecule has 0 bridgehead atoms. The van der Waals surface area contributed by atoms with Gasteiger partial charge in [-0.05, 0) is 58.2 Å². The van der Waals surface area contributed by atoms with Gasteiger partial charge < -0.3 is 29.7 Å². The van der Waals surface area contributed by atoms with E-state index in [0.717, 1.165) is 68.6 Å². The zero-order valence-corrected chi connectivity index (χ0v) is 19.4. The Hall–Kier alpha value is -1.99. The molecule has 0 amide bonds. The summed E-state index contributed by atoms with van der Waals surface area (Å²) >= 11 is 0. The molecule has 0 saturated carbocycles. The van der Waals surface area contributed by atoms with Gasteiger partial charge in [-0.25, -0.2) is 4.99 Å². The molecular formula is C23H40N4O3. The van der Waals surface area contributed by atoms with Crippen LogP contribution in [0, 0.1) is 0 Å². The molecular weight excluding hydrogens is 380 g/mol. The van der Waals surface area contributed by atoms with Crippen LogP contribution >= 0.6 is 0 Å². The third-order valence-electron chi connectivity index (χ3n) is 5.08. The van der Waals surface area contributed by atoms with Crippen LogP contribution in [-0.2, 0) is 11.3 Å². The molecule has 170 valence electrons. The number of methoxy groups -OCH3 is 1. The van der Waals surface area contributed by atoms with E-state index in [0.29, 0.717) is 25.3 Å². The van der Waals surface area contributed by atoms with Crippen molar-refractivity contribution in [2.75, 3.05) is 46.5 Å². The lowest BCUT2D eigenvalue weighted by atomic mass is 10.1. The van der Waals surface area contributed by atoms with E-state index >= 15 is 0 Å². The Morgan fingerprint density at radius 2 is 1.97 bits per heavy atom. The standard InChI is InChI=1S/C23H40N4O3/c1-6-24-23(25-17-19-8-9-21(28-5)22(16-19)29-7-2)26-20-10-12-27(13-11-20)14-15-30-18(3)4/h8-9,16,18,20H,6-7,10-15,17H2,1-5H3,(H2,24,25,26). The number of likely N-dealkylation sites (tertiary alicyclic amines) is 1. The summed E-state index contributed by atoms with van der Waals surface area (Å²) in [5, 5.41) is 6.98. The van der Waals surface area contributed by atoms with Gasteiger partial charge >= 0.3 is 0 Å². The highest BCUT2D eigenvalue weighted by atomic mass is 16.5. The van der Waals surface area contributed by atoms with E-state index in [1.165, 1.54) is 0 Å². The summed E-state index contributed by atoms with van der Waals surface area (Å²) in [7, 11) is 1.66. The largest absolute Gasteiger partial charge is 0.493 e. The van der Waals surface area contributed by atoms with Gasteiger partial charge in [-0.15, -0.1) is 0 Å². The summed E-state index contributed by atoms with van der Waals surface area (Å²) in [6.07, 6.45) is 2.53. The normalized spacial score (nSPS) is 16.0. The topological polar surface area (TPSA) is 67.4 Å². The number of benzene rings is 1. The van der Waals surface area contributed by atoms with Gasteiger partial charge in [0.15, 0.2) is 17.5 Å². The second-order valence-electron chi connectivity index (χ2n) is 7.79. The van der Waals surface area contributed by atoms with Crippen LogP contribution in [0.4, 0.5) is 0 Å². The summed E-state index contributed by atoms with van der Waals surface area (Å²) in [4.78, 5) is 7.27. The van der Waals surface area contributed by atoms with Crippen LogP contribution in [0.1, 0.15) is 46.1 Å². The van der Waals surface area contributed by atoms with Gasteiger partial charge in [0.25, 0.3) is 0 Å². The van der Waals surface area contributed by atoms with Crippen molar-refractivity contribution in [3.63, 3.8) is 0 Å². The minimum absolute atomic E-state index is 0.304. The Labute approximate surface area is 182 Å². The van der Waals surface area contributed by atoms with E-state index in [9.17, 15) is 0 Å². The van der Waals surface area contributed by atoms with Gasteiger partial charge in [0.1, 0.15) is 0 Å². The van der Waals surface area contributed by atoms with E-state index < -0.39 is 0 Å². The van der Waals surface area contributed by atoms with Crippen molar-refractivity contribution in [1.82, 2.24) is 15.5 Å². The second-order valence-corrected chi connectivity index (χ2v) is 7.79. The van der Waals surface area contributed by atoms with Crippen molar-refractivity contribution in [2.24, 2.45) is 4.99 Å². The van der Waals surface area contributed by atoms with E-state index in [4.69, 9.17) is 19.2 Å². The van der Waals surface area contributed by atoms with Crippen LogP contribution < -0.4 is 20.1 Å². The maximum absolute atomic E-state index is 5.68. The van der Waals surface area contributed by atoms with Gasteiger partial charge in [0.2, 0.25) is 0 Å². The SMILES string of the molecule is CCNC(=NCc1ccc(OC)c(OCC)c1)NC1CCN(CCOC(C)C)CC1. The fraction of sp³-hybridized carbons (Fsp3) is 0.696. The molecule has 2 N–H and O–H groups in total. The molecule has 0 aromatic heterocycles. The van der Waals surface area contributed by atoms with Crippen LogP contribution in [0.15, 0.2) is 23.2 Å². The molecule has 1 aliphatic rings. The molecule has 0 spiro atoms. The molecule has 1 aromatic rings. The Balaban J connectivity index is 1.87. The molecule has 0 aliphatic carbocycles. The summed E-state index contributed by atoms with van der Waals surface area (Å²) < 4.78 is 16.7. The van der Waals surface area contributed by atoms with Crippen molar-refractivity contribution in [2.45, 2.75) is 59.2 Å². The van der Waals surface area contributed by atoms with Crippen LogP contribution in [0.25, 0.3) is 0 Å². The molecule has 1 aromatic carbocycles. The minimum atomic E-state index is 0.304. The van der Waals surface area contributed by atoms with Gasteiger partial charge in [-0.1, -0.05) is 6.07 Å². The zero-order valence-electron chi connectivity index (χ0n) is 19.4. The number of piperidine rings is 1. The molecule has 0 unspecified atom stereocenters. The van der Waals surface area contributed by atoms with Crippen molar-refractivity contribution in [3.8, 4) is 11.5 Å². The first kappa shape index (κ1) is 24.3. The maximum atomic E-state index is 5.68. The molecule has 7 heteroatoms. The highest BCUT2D eigenvalue weighted by molar-refractivity contribution is 5.80. The van der Waals surface area contributed by atoms with Crippen molar-refractivity contribution >= 4 is 5.96 Å². The molecule has 2 rings (SSSR count). The maximum Gasteiger partial charge on any atom is 0.191 e. The average molecular weight is 421 g/mol. The number of hydrogen-bond acceptors (Lipinski definition) is 5. The minimum Gasteiger partial charge on any atom is -0.493 e. The third-order valence-corrected chi connectivity index (χ3v) is 5.08. The number of ether oxygens (including phenoxy) is 3. The Morgan fingerprint density at radius 1 is 1.20 bits per heavy atom. The predicted molar refractivity (Wildman–Crippen MR) is 123 cm³/mol. The van der Waals surface area contributed by atoms with Crippen molar-refractivity contribution < 1.29 is 14.2 Å². The Kier molecular flexibility index (Phi) is 10.8. The summed E-state index contributed by atoms with van der Waals surface area (Å²) in [5.74, 6) is 2.38. The number of hydrogen-bond donors (Lipinski definition) is 2. The Morgan fingerprint density at radius 3 is 2.60 bits per heavy atom. The highest BCUT2D eigenvalue weighted by Gasteiger charge is 2.19. The number of guanidine groups is 1. The molecule has 30 heavy (non-hydrogen) atoms. The molecule has 1 fully saturated rings. The lowest BCUT2D eigenvalue weighted by Crippen LogP contribution is -2.49. The van der Waals surface area contributed by atoms with Crippen LogP contribution in [0.3, 0.4) is 0 Å². The van der Waals surface area contributed by atoms with Gasteiger partial charge in [-0.2, -0.15) is 0 Å². The fourth-order valence-corrected chi connectivity index (χ4v) is 3.49. The first-order valence-electron chi connectivity index (χ1n) is 11.2. The smallest absolute Gasteiger partial charge is 0.191 e. The zero-order chi connectivity index (χ0) is 21.8. The molecule has 1 aliphatic heterocycles. The Bertz CT molecular complexity index is 643. The summed E-state index contributed by atoms with van der Waals surface area (Å²) in [6, 6.07) is 6.42. The monoisotopic (exact) mass is 420 g/mol. The van der Waals surface area contributed by atoms with Gasteiger partial charge in [-0.3, -0.25) is 0 Å². The number of nitrogens with one attached hydrogen (secondary N) is 2. The molecule has 1 saturated heterocycles. The third kappa shape index (κ3) is 8.40. The van der Waals surface area contributed by atoms with Crippen molar-refractivity contribution in [3.05, 3.63) is 23.8 Å². The average Bonchev–Trinajstić information content (AvgIpc) is 2.73. The lowest BCUT2D eigenvalue weighted by molar-refractivity contribution is 0.0532. The quantitative estimate of drug-likeness (QED) is 0.424. The number of aliphatic imine (C=N–C) groups is 1. The van der Waals surface area contributed by atoms with Gasteiger partial charge in [0.05, 0.1) is 33.0 Å². The molecule has 0 atom stereocenters. The predicted octanol–water partition coefficient (Wildman–Crippen LogP) is 3.04. The van der Waals surface area contributed by atoms with Gasteiger partial charge in [0, 0.05) is 32.2 Å². The van der Waals surface area contributed by atoms with Crippen molar-refractivity contribution in [1.29, 1.82) is 0 Å². The van der Waals surface area contributed by atoms with E-state index in [2.05, 4.69) is 36.3 Å². The number of nitrogens with zero attached hydrogens (tertiary/aromatic N) is 2. The number of rotatable bonds is 11.